The van der Waals surface area contributed by atoms with Gasteiger partial charge in [0.05, 0.1) is 12.7 Å². The lowest BCUT2D eigenvalue weighted by Gasteiger charge is -2.16. The lowest BCUT2D eigenvalue weighted by Crippen LogP contribution is -2.34. The fourth-order valence-electron chi connectivity index (χ4n) is 4.05. The predicted molar refractivity (Wildman–Crippen MR) is 132 cm³/mol. The van der Waals surface area contributed by atoms with E-state index in [0.717, 1.165) is 32.6 Å². The van der Waals surface area contributed by atoms with Crippen LogP contribution in [-0.4, -0.2) is 30.4 Å². The lowest BCUT2D eigenvalue weighted by molar-refractivity contribution is -0.136. The highest BCUT2D eigenvalue weighted by molar-refractivity contribution is 7.11. The number of ether oxygens (including phenoxy) is 1. The SMILES string of the molecule is COc1ccc(CCN2C(=O)C(Nc3cccc4ccccc34)=C(c3cccs3)C2=O)cc1. The maximum Gasteiger partial charge on any atom is 0.278 e. The van der Waals surface area contributed by atoms with Crippen LogP contribution in [0.15, 0.2) is 89.9 Å². The van der Waals surface area contributed by atoms with Gasteiger partial charge in [-0.15, -0.1) is 11.3 Å². The van der Waals surface area contributed by atoms with Gasteiger partial charge in [0.1, 0.15) is 11.4 Å². The summed E-state index contributed by atoms with van der Waals surface area (Å²) in [6, 6.07) is 25.3. The van der Waals surface area contributed by atoms with Crippen molar-refractivity contribution >= 4 is 45.2 Å². The Bertz CT molecular complexity index is 1350. The minimum Gasteiger partial charge on any atom is -0.497 e. The van der Waals surface area contributed by atoms with E-state index in [0.29, 0.717) is 24.2 Å². The molecule has 4 aromatic rings. The molecule has 2 heterocycles. The molecule has 0 radical (unpaired) electrons. The van der Waals surface area contributed by atoms with E-state index in [4.69, 9.17) is 4.74 Å². The lowest BCUT2D eigenvalue weighted by atomic mass is 10.1. The summed E-state index contributed by atoms with van der Waals surface area (Å²) in [5.41, 5.74) is 2.59. The zero-order chi connectivity index (χ0) is 22.8. The Balaban J connectivity index is 1.46. The third kappa shape index (κ3) is 4.01. The zero-order valence-corrected chi connectivity index (χ0v) is 18.9. The molecule has 6 heteroatoms. The molecule has 1 aliphatic rings. The van der Waals surface area contributed by atoms with Gasteiger partial charge in [-0.3, -0.25) is 14.5 Å². The number of hydrogen-bond acceptors (Lipinski definition) is 5. The van der Waals surface area contributed by atoms with E-state index in [1.54, 1.807) is 7.11 Å². The molecule has 1 aromatic heterocycles. The van der Waals surface area contributed by atoms with E-state index in [9.17, 15) is 9.59 Å². The van der Waals surface area contributed by atoms with E-state index in [1.807, 2.05) is 84.2 Å². The molecule has 0 unspecified atom stereocenters. The number of methoxy groups -OCH3 is 1. The molecule has 0 bridgehead atoms. The number of imide groups is 1. The number of fused-ring (bicyclic) bond motifs is 1. The first-order valence-corrected chi connectivity index (χ1v) is 11.6. The molecule has 0 atom stereocenters. The van der Waals surface area contributed by atoms with Crippen molar-refractivity contribution in [3.63, 3.8) is 0 Å². The van der Waals surface area contributed by atoms with E-state index in [2.05, 4.69) is 5.32 Å². The Morgan fingerprint density at radius 2 is 1.67 bits per heavy atom. The molecule has 0 spiro atoms. The first kappa shape index (κ1) is 21.0. The molecule has 0 saturated carbocycles. The van der Waals surface area contributed by atoms with Crippen molar-refractivity contribution in [2.45, 2.75) is 6.42 Å². The largest absolute Gasteiger partial charge is 0.497 e. The number of carbonyl (C=O) groups is 2. The number of hydrogen-bond donors (Lipinski definition) is 1. The summed E-state index contributed by atoms with van der Waals surface area (Å²) in [4.78, 5) is 29.0. The van der Waals surface area contributed by atoms with Crippen molar-refractivity contribution in [1.82, 2.24) is 4.90 Å². The topological polar surface area (TPSA) is 58.6 Å². The fourth-order valence-corrected chi connectivity index (χ4v) is 4.81. The van der Waals surface area contributed by atoms with Crippen molar-refractivity contribution in [1.29, 1.82) is 0 Å². The quantitative estimate of drug-likeness (QED) is 0.383. The van der Waals surface area contributed by atoms with Crippen LogP contribution in [0.2, 0.25) is 0 Å². The minimum absolute atomic E-state index is 0.265. The van der Waals surface area contributed by atoms with Gasteiger partial charge in [0.2, 0.25) is 0 Å². The van der Waals surface area contributed by atoms with Gasteiger partial charge in [-0.25, -0.2) is 0 Å². The number of anilines is 1. The van der Waals surface area contributed by atoms with Crippen LogP contribution in [-0.2, 0) is 16.0 Å². The highest BCUT2D eigenvalue weighted by atomic mass is 32.1. The van der Waals surface area contributed by atoms with E-state index >= 15 is 0 Å². The van der Waals surface area contributed by atoms with Gasteiger partial charge < -0.3 is 10.1 Å². The third-order valence-electron chi connectivity index (χ3n) is 5.77. The molecule has 0 aliphatic carbocycles. The Morgan fingerprint density at radius 1 is 0.879 bits per heavy atom. The second-order valence-corrected chi connectivity index (χ2v) is 8.69. The Kier molecular flexibility index (Phi) is 5.67. The van der Waals surface area contributed by atoms with Crippen LogP contribution in [0.1, 0.15) is 10.4 Å². The maximum atomic E-state index is 13.5. The number of benzene rings is 3. The molecule has 2 amide bonds. The van der Waals surface area contributed by atoms with Crippen LogP contribution in [0, 0.1) is 0 Å². The van der Waals surface area contributed by atoms with Gasteiger partial charge in [0.25, 0.3) is 11.8 Å². The first-order chi connectivity index (χ1) is 16.2. The zero-order valence-electron chi connectivity index (χ0n) is 18.1. The van der Waals surface area contributed by atoms with Crippen LogP contribution >= 0.6 is 11.3 Å². The van der Waals surface area contributed by atoms with Gasteiger partial charge in [-0.1, -0.05) is 54.6 Å². The van der Waals surface area contributed by atoms with Gasteiger partial charge in [0, 0.05) is 22.5 Å². The highest BCUT2D eigenvalue weighted by Crippen LogP contribution is 2.34. The molecule has 5 rings (SSSR count). The normalized spacial score (nSPS) is 13.8. The van der Waals surface area contributed by atoms with E-state index in [1.165, 1.54) is 16.2 Å². The van der Waals surface area contributed by atoms with Crippen LogP contribution in [0.5, 0.6) is 5.75 Å². The molecule has 3 aromatic carbocycles. The first-order valence-electron chi connectivity index (χ1n) is 10.7. The number of thiophene rings is 1. The maximum absolute atomic E-state index is 13.5. The molecule has 1 aliphatic heterocycles. The van der Waals surface area contributed by atoms with Crippen LogP contribution < -0.4 is 10.1 Å². The average molecular weight is 455 g/mol. The van der Waals surface area contributed by atoms with E-state index in [-0.39, 0.29) is 11.8 Å². The molecule has 5 nitrogen and oxygen atoms in total. The third-order valence-corrected chi connectivity index (χ3v) is 6.66. The Morgan fingerprint density at radius 3 is 2.42 bits per heavy atom. The van der Waals surface area contributed by atoms with E-state index < -0.39 is 0 Å². The summed E-state index contributed by atoms with van der Waals surface area (Å²) < 4.78 is 5.21. The average Bonchev–Trinajstić information content (AvgIpc) is 3.45. The summed E-state index contributed by atoms with van der Waals surface area (Å²) in [6.07, 6.45) is 0.570. The van der Waals surface area contributed by atoms with Crippen molar-refractivity contribution in [3.8, 4) is 5.75 Å². The number of nitrogens with zero attached hydrogens (tertiary/aromatic N) is 1. The Hall–Kier alpha value is -3.90. The monoisotopic (exact) mass is 454 g/mol. The second-order valence-electron chi connectivity index (χ2n) is 7.74. The van der Waals surface area contributed by atoms with Crippen LogP contribution in [0.4, 0.5) is 5.69 Å². The fraction of sp³-hybridized carbons (Fsp3) is 0.111. The molecular weight excluding hydrogens is 432 g/mol. The van der Waals surface area contributed by atoms with Crippen LogP contribution in [0.3, 0.4) is 0 Å². The van der Waals surface area contributed by atoms with Crippen molar-refractivity contribution < 1.29 is 14.3 Å². The van der Waals surface area contributed by atoms with Gasteiger partial charge in [0.15, 0.2) is 0 Å². The number of amides is 2. The van der Waals surface area contributed by atoms with Crippen LogP contribution in [0.25, 0.3) is 16.3 Å². The number of carbonyl (C=O) groups excluding carboxylic acids is 2. The van der Waals surface area contributed by atoms with Crippen molar-refractivity contribution in [3.05, 3.63) is 100 Å². The van der Waals surface area contributed by atoms with Gasteiger partial charge in [-0.2, -0.15) is 0 Å². The van der Waals surface area contributed by atoms with Gasteiger partial charge in [-0.05, 0) is 47.0 Å². The summed E-state index contributed by atoms with van der Waals surface area (Å²) in [5, 5.41) is 7.27. The predicted octanol–water partition coefficient (Wildman–Crippen LogP) is 5.34. The summed E-state index contributed by atoms with van der Waals surface area (Å²) in [6.45, 7) is 0.305. The number of rotatable bonds is 7. The number of nitrogens with one attached hydrogen (secondary N) is 1. The second kappa shape index (κ2) is 8.92. The molecule has 1 N–H and O–H groups in total. The van der Waals surface area contributed by atoms with Crippen molar-refractivity contribution in [2.24, 2.45) is 0 Å². The minimum atomic E-state index is -0.301. The summed E-state index contributed by atoms with van der Waals surface area (Å²) in [5.74, 6) is 0.207. The summed E-state index contributed by atoms with van der Waals surface area (Å²) in [7, 11) is 1.62. The molecule has 0 saturated heterocycles. The summed E-state index contributed by atoms with van der Waals surface area (Å²) >= 11 is 1.45. The molecule has 0 fully saturated rings. The molecule has 33 heavy (non-hydrogen) atoms. The molecule has 164 valence electrons. The van der Waals surface area contributed by atoms with Gasteiger partial charge >= 0.3 is 0 Å². The highest BCUT2D eigenvalue weighted by Gasteiger charge is 2.39. The Labute approximate surface area is 195 Å². The smallest absolute Gasteiger partial charge is 0.278 e. The standard InChI is InChI=1S/C27H22N2O3S/c1-32-20-13-11-18(12-14-20)15-16-29-26(30)24(23-10-5-17-33-23)25(27(29)31)28-22-9-4-7-19-6-2-3-8-21(19)22/h2-14,17,28H,15-16H2,1H3. The molecular formula is C27H22N2O3S. The van der Waals surface area contributed by atoms with Crippen molar-refractivity contribution in [2.75, 3.05) is 19.0 Å².